The Bertz CT molecular complexity index is 514. The molecule has 0 aliphatic carbocycles. The third-order valence-corrected chi connectivity index (χ3v) is 4.94. The van der Waals surface area contributed by atoms with Gasteiger partial charge in [-0.25, -0.2) is 4.79 Å². The molecule has 0 aromatic heterocycles. The zero-order chi connectivity index (χ0) is 18.1. The van der Waals surface area contributed by atoms with Crippen molar-refractivity contribution in [3.05, 3.63) is 0 Å². The molecule has 7 nitrogen and oxygen atoms in total. The highest BCUT2D eigenvalue weighted by atomic mass is 16.4. The van der Waals surface area contributed by atoms with E-state index in [4.69, 9.17) is 0 Å². The molecule has 2 fully saturated rings. The van der Waals surface area contributed by atoms with E-state index >= 15 is 0 Å². The van der Waals surface area contributed by atoms with Crippen LogP contribution >= 0.6 is 0 Å². The van der Waals surface area contributed by atoms with Gasteiger partial charge in [-0.15, -0.1) is 0 Å². The molecule has 2 unspecified atom stereocenters. The van der Waals surface area contributed by atoms with Crippen LogP contribution in [-0.2, 0) is 9.59 Å². The Morgan fingerprint density at radius 3 is 2.54 bits per heavy atom. The Morgan fingerprint density at radius 2 is 1.96 bits per heavy atom. The SMILES string of the molecule is CC1CC(C(=O)O)CN(C(=O)N[C@@H]2CCC(=O)N[C@H]2C(C)(C)C)C1. The summed E-state index contributed by atoms with van der Waals surface area (Å²) in [5.41, 5.74) is -0.174. The molecule has 2 heterocycles. The molecule has 3 amide bonds. The molecule has 0 aromatic rings. The fourth-order valence-electron chi connectivity index (χ4n) is 3.72. The van der Waals surface area contributed by atoms with E-state index in [-0.39, 0.29) is 41.9 Å². The first-order valence-electron chi connectivity index (χ1n) is 8.65. The lowest BCUT2D eigenvalue weighted by Gasteiger charge is -2.42. The number of nitrogens with zero attached hydrogens (tertiary/aromatic N) is 1. The number of carbonyl (C=O) groups excluding carboxylic acids is 2. The fourth-order valence-corrected chi connectivity index (χ4v) is 3.72. The van der Waals surface area contributed by atoms with Gasteiger partial charge in [0.25, 0.3) is 0 Å². The predicted molar refractivity (Wildman–Crippen MR) is 89.4 cm³/mol. The molecule has 24 heavy (non-hydrogen) atoms. The monoisotopic (exact) mass is 339 g/mol. The Kier molecular flexibility index (Phi) is 5.40. The maximum absolute atomic E-state index is 12.6. The maximum Gasteiger partial charge on any atom is 0.317 e. The van der Waals surface area contributed by atoms with Crippen LogP contribution in [0, 0.1) is 17.3 Å². The van der Waals surface area contributed by atoms with Crippen LogP contribution in [0.15, 0.2) is 0 Å². The number of carboxylic acid groups (broad SMARTS) is 1. The van der Waals surface area contributed by atoms with Crippen LogP contribution in [0.2, 0.25) is 0 Å². The summed E-state index contributed by atoms with van der Waals surface area (Å²) in [5, 5.41) is 15.3. The van der Waals surface area contributed by atoms with Gasteiger partial charge in [0.05, 0.1) is 18.0 Å². The average molecular weight is 339 g/mol. The lowest BCUT2D eigenvalue weighted by molar-refractivity contribution is -0.143. The van der Waals surface area contributed by atoms with Crippen LogP contribution in [0.5, 0.6) is 0 Å². The molecule has 7 heteroatoms. The van der Waals surface area contributed by atoms with E-state index in [1.807, 2.05) is 27.7 Å². The Labute approximate surface area is 143 Å². The Balaban J connectivity index is 2.04. The van der Waals surface area contributed by atoms with E-state index in [1.165, 1.54) is 0 Å². The standard InChI is InChI=1S/C17H29N3O4/c1-10-7-11(15(22)23)9-20(8-10)16(24)18-12-5-6-13(21)19-14(12)17(2,3)4/h10-12,14H,5-9H2,1-4H3,(H,18,24)(H,19,21)(H,22,23)/t10?,11?,12-,14-/m1/s1. The Morgan fingerprint density at radius 1 is 1.29 bits per heavy atom. The smallest absolute Gasteiger partial charge is 0.317 e. The number of piperidine rings is 2. The van der Waals surface area contributed by atoms with Crippen LogP contribution in [0.4, 0.5) is 4.79 Å². The van der Waals surface area contributed by atoms with Gasteiger partial charge in [0.1, 0.15) is 0 Å². The fraction of sp³-hybridized carbons (Fsp3) is 0.824. The zero-order valence-corrected chi connectivity index (χ0v) is 15.0. The molecule has 0 bridgehead atoms. The molecular weight excluding hydrogens is 310 g/mol. The topological polar surface area (TPSA) is 98.7 Å². The van der Waals surface area contributed by atoms with E-state index in [1.54, 1.807) is 4.90 Å². The molecule has 2 aliphatic heterocycles. The number of aliphatic carboxylic acids is 1. The van der Waals surface area contributed by atoms with Crippen LogP contribution in [-0.4, -0.2) is 53.1 Å². The van der Waals surface area contributed by atoms with Crippen molar-refractivity contribution in [3.63, 3.8) is 0 Å². The summed E-state index contributed by atoms with van der Waals surface area (Å²) < 4.78 is 0. The molecule has 0 radical (unpaired) electrons. The summed E-state index contributed by atoms with van der Waals surface area (Å²) in [4.78, 5) is 37.2. The van der Waals surface area contributed by atoms with Gasteiger partial charge < -0.3 is 20.6 Å². The van der Waals surface area contributed by atoms with Crippen molar-refractivity contribution in [2.24, 2.45) is 17.3 Å². The van der Waals surface area contributed by atoms with Gasteiger partial charge in [0.2, 0.25) is 5.91 Å². The molecule has 2 saturated heterocycles. The second-order valence-corrected chi connectivity index (χ2v) is 8.29. The number of hydrogen-bond donors (Lipinski definition) is 3. The quantitative estimate of drug-likeness (QED) is 0.709. The number of rotatable bonds is 2. The van der Waals surface area contributed by atoms with Crippen molar-refractivity contribution in [1.29, 1.82) is 0 Å². The van der Waals surface area contributed by atoms with Gasteiger partial charge in [-0.2, -0.15) is 0 Å². The third-order valence-electron chi connectivity index (χ3n) is 4.94. The summed E-state index contributed by atoms with van der Waals surface area (Å²) in [7, 11) is 0. The van der Waals surface area contributed by atoms with E-state index < -0.39 is 11.9 Å². The van der Waals surface area contributed by atoms with E-state index in [9.17, 15) is 19.5 Å². The lowest BCUT2D eigenvalue weighted by Crippen LogP contribution is -2.62. The molecule has 0 spiro atoms. The summed E-state index contributed by atoms with van der Waals surface area (Å²) in [5.74, 6) is -1.19. The van der Waals surface area contributed by atoms with E-state index in [0.29, 0.717) is 25.8 Å². The average Bonchev–Trinajstić information content (AvgIpc) is 2.47. The first-order chi connectivity index (χ1) is 11.1. The van der Waals surface area contributed by atoms with Crippen molar-refractivity contribution >= 4 is 17.9 Å². The summed E-state index contributed by atoms with van der Waals surface area (Å²) in [6.07, 6.45) is 1.60. The summed E-state index contributed by atoms with van der Waals surface area (Å²) in [6, 6.07) is -0.515. The molecule has 4 atom stereocenters. The third kappa shape index (κ3) is 4.39. The number of nitrogens with one attached hydrogen (secondary N) is 2. The number of likely N-dealkylation sites (tertiary alicyclic amines) is 1. The highest BCUT2D eigenvalue weighted by molar-refractivity contribution is 5.79. The number of amides is 3. The number of carbonyl (C=O) groups is 3. The van der Waals surface area contributed by atoms with Crippen molar-refractivity contribution in [2.45, 2.75) is 59.0 Å². The predicted octanol–water partition coefficient (Wildman–Crippen LogP) is 1.43. The number of carboxylic acids is 1. The van der Waals surface area contributed by atoms with Crippen LogP contribution in [0.1, 0.15) is 47.0 Å². The normalized spacial score (nSPS) is 31.3. The summed E-state index contributed by atoms with van der Waals surface area (Å²) >= 11 is 0. The molecular formula is C17H29N3O4. The maximum atomic E-state index is 12.6. The van der Waals surface area contributed by atoms with Gasteiger partial charge in [0, 0.05) is 19.5 Å². The molecule has 2 rings (SSSR count). The molecule has 3 N–H and O–H groups in total. The second-order valence-electron chi connectivity index (χ2n) is 8.29. The van der Waals surface area contributed by atoms with Gasteiger partial charge in [-0.1, -0.05) is 27.7 Å². The number of hydrogen-bond acceptors (Lipinski definition) is 3. The van der Waals surface area contributed by atoms with Crippen molar-refractivity contribution in [1.82, 2.24) is 15.5 Å². The van der Waals surface area contributed by atoms with Crippen LogP contribution in [0.3, 0.4) is 0 Å². The first-order valence-corrected chi connectivity index (χ1v) is 8.65. The highest BCUT2D eigenvalue weighted by Gasteiger charge is 2.39. The lowest BCUT2D eigenvalue weighted by atomic mass is 9.79. The molecule has 2 aliphatic rings. The molecule has 0 aromatic carbocycles. The molecule has 0 saturated carbocycles. The van der Waals surface area contributed by atoms with Crippen molar-refractivity contribution in [2.75, 3.05) is 13.1 Å². The minimum Gasteiger partial charge on any atom is -0.481 e. The van der Waals surface area contributed by atoms with Gasteiger partial charge in [-0.3, -0.25) is 9.59 Å². The minimum absolute atomic E-state index is 0.0120. The van der Waals surface area contributed by atoms with Crippen molar-refractivity contribution in [3.8, 4) is 0 Å². The van der Waals surface area contributed by atoms with E-state index in [0.717, 1.165) is 0 Å². The molecule has 136 valence electrons. The van der Waals surface area contributed by atoms with Gasteiger partial charge in [0.15, 0.2) is 0 Å². The largest absolute Gasteiger partial charge is 0.481 e. The summed E-state index contributed by atoms with van der Waals surface area (Å²) in [6.45, 7) is 8.87. The zero-order valence-electron chi connectivity index (χ0n) is 15.0. The van der Waals surface area contributed by atoms with Crippen LogP contribution in [0.25, 0.3) is 0 Å². The van der Waals surface area contributed by atoms with Crippen LogP contribution < -0.4 is 10.6 Å². The van der Waals surface area contributed by atoms with Crippen molar-refractivity contribution < 1.29 is 19.5 Å². The number of urea groups is 1. The first kappa shape index (κ1) is 18.5. The van der Waals surface area contributed by atoms with Gasteiger partial charge >= 0.3 is 12.0 Å². The Hall–Kier alpha value is -1.79. The minimum atomic E-state index is -0.850. The van der Waals surface area contributed by atoms with E-state index in [2.05, 4.69) is 10.6 Å². The van der Waals surface area contributed by atoms with Gasteiger partial charge in [-0.05, 0) is 24.2 Å². The highest BCUT2D eigenvalue weighted by Crippen LogP contribution is 2.27. The second kappa shape index (κ2) is 6.99.